The highest BCUT2D eigenvalue weighted by Crippen LogP contribution is 2.30. The number of hydrogen-bond donors (Lipinski definition) is 1. The molecular weight excluding hydrogens is 330 g/mol. The Morgan fingerprint density at radius 3 is 2.44 bits per heavy atom. The number of carbonyl (C=O) groups excluding carboxylic acids is 1. The number of benzene rings is 2. The molecule has 0 aliphatic carbocycles. The Morgan fingerprint density at radius 2 is 1.76 bits per heavy atom. The summed E-state index contributed by atoms with van der Waals surface area (Å²) in [6.45, 7) is 4.44. The molecule has 128 valence electrons. The van der Waals surface area contributed by atoms with Crippen molar-refractivity contribution < 1.29 is 4.79 Å². The second-order valence-corrected chi connectivity index (χ2v) is 6.95. The molecule has 0 saturated heterocycles. The maximum absolute atomic E-state index is 12.5. The van der Waals surface area contributed by atoms with Crippen LogP contribution in [-0.4, -0.2) is 17.9 Å². The number of nitrogens with zero attached hydrogens (tertiary/aromatic N) is 2. The van der Waals surface area contributed by atoms with E-state index in [2.05, 4.69) is 10.3 Å². The van der Waals surface area contributed by atoms with Crippen LogP contribution >= 0.6 is 11.3 Å². The Hall–Kier alpha value is -2.66. The molecular formula is C20H21N3OS. The third-order valence-corrected chi connectivity index (χ3v) is 5.23. The minimum Gasteiger partial charge on any atom is -0.347 e. The van der Waals surface area contributed by atoms with Crippen LogP contribution in [0.4, 0.5) is 10.8 Å². The van der Waals surface area contributed by atoms with Crippen LogP contribution in [0.3, 0.4) is 0 Å². The van der Waals surface area contributed by atoms with Gasteiger partial charge in [0.25, 0.3) is 5.91 Å². The number of amides is 1. The Balaban J connectivity index is 1.71. The monoisotopic (exact) mass is 351 g/mol. The molecule has 0 bridgehead atoms. The number of anilines is 2. The molecule has 3 aromatic rings. The van der Waals surface area contributed by atoms with E-state index < -0.39 is 0 Å². The number of hydrogen-bond acceptors (Lipinski definition) is 4. The first-order valence-electron chi connectivity index (χ1n) is 8.14. The number of aromatic nitrogens is 1. The second kappa shape index (κ2) is 7.49. The second-order valence-electron chi connectivity index (χ2n) is 5.97. The standard InChI is InChI=1S/C20H21N3OS/c1-14-9-11-16(12-10-14)13-21-19(24)18-15(2)22-20(25-18)23(3)17-7-5-4-6-8-17/h4-12H,13H2,1-3H3,(H,21,24). The molecule has 25 heavy (non-hydrogen) atoms. The largest absolute Gasteiger partial charge is 0.347 e. The van der Waals surface area contributed by atoms with E-state index in [1.54, 1.807) is 0 Å². The van der Waals surface area contributed by atoms with Gasteiger partial charge in [-0.1, -0.05) is 59.4 Å². The van der Waals surface area contributed by atoms with Gasteiger partial charge in [0.2, 0.25) is 0 Å². The molecule has 0 atom stereocenters. The molecule has 0 fully saturated rings. The van der Waals surface area contributed by atoms with Gasteiger partial charge in [0.1, 0.15) is 4.88 Å². The fraction of sp³-hybridized carbons (Fsp3) is 0.200. The Bertz CT molecular complexity index is 856. The summed E-state index contributed by atoms with van der Waals surface area (Å²) in [5, 5.41) is 3.79. The van der Waals surface area contributed by atoms with Crippen LogP contribution in [0, 0.1) is 13.8 Å². The highest BCUT2D eigenvalue weighted by molar-refractivity contribution is 7.17. The summed E-state index contributed by atoms with van der Waals surface area (Å²) in [7, 11) is 1.96. The minimum absolute atomic E-state index is 0.0803. The quantitative estimate of drug-likeness (QED) is 0.738. The average molecular weight is 351 g/mol. The van der Waals surface area contributed by atoms with Gasteiger partial charge in [-0.25, -0.2) is 4.98 Å². The lowest BCUT2D eigenvalue weighted by Crippen LogP contribution is -2.22. The summed E-state index contributed by atoms with van der Waals surface area (Å²) in [6.07, 6.45) is 0. The Kier molecular flexibility index (Phi) is 5.14. The van der Waals surface area contributed by atoms with Gasteiger partial charge in [0.05, 0.1) is 5.69 Å². The topological polar surface area (TPSA) is 45.2 Å². The van der Waals surface area contributed by atoms with Crippen LogP contribution in [0.5, 0.6) is 0 Å². The van der Waals surface area contributed by atoms with Crippen molar-refractivity contribution in [2.75, 3.05) is 11.9 Å². The van der Waals surface area contributed by atoms with Gasteiger partial charge in [0.15, 0.2) is 5.13 Å². The first-order chi connectivity index (χ1) is 12.0. The number of aryl methyl sites for hydroxylation is 2. The molecule has 0 radical (unpaired) electrons. The Labute approximate surface area is 152 Å². The summed E-state index contributed by atoms with van der Waals surface area (Å²) in [5.41, 5.74) is 4.09. The van der Waals surface area contributed by atoms with Gasteiger partial charge in [-0.05, 0) is 31.5 Å². The molecule has 1 aromatic heterocycles. The summed E-state index contributed by atoms with van der Waals surface area (Å²) in [6, 6.07) is 18.2. The maximum atomic E-state index is 12.5. The Morgan fingerprint density at radius 1 is 1.08 bits per heavy atom. The lowest BCUT2D eigenvalue weighted by molar-refractivity contribution is 0.0954. The van der Waals surface area contributed by atoms with E-state index in [9.17, 15) is 4.79 Å². The van der Waals surface area contributed by atoms with E-state index in [1.807, 2.05) is 80.4 Å². The summed E-state index contributed by atoms with van der Waals surface area (Å²) in [4.78, 5) is 19.7. The van der Waals surface area contributed by atoms with Gasteiger partial charge in [-0.15, -0.1) is 0 Å². The van der Waals surface area contributed by atoms with Crippen molar-refractivity contribution in [2.45, 2.75) is 20.4 Å². The van der Waals surface area contributed by atoms with Gasteiger partial charge < -0.3 is 10.2 Å². The molecule has 0 aliphatic heterocycles. The molecule has 5 heteroatoms. The minimum atomic E-state index is -0.0803. The van der Waals surface area contributed by atoms with E-state index in [0.29, 0.717) is 11.4 Å². The summed E-state index contributed by atoms with van der Waals surface area (Å²) >= 11 is 1.41. The normalized spacial score (nSPS) is 10.5. The van der Waals surface area contributed by atoms with Crippen LogP contribution in [0.15, 0.2) is 54.6 Å². The number of para-hydroxylation sites is 1. The predicted octanol–water partition coefficient (Wildman–Crippen LogP) is 4.46. The van der Waals surface area contributed by atoms with Crippen LogP contribution < -0.4 is 10.2 Å². The van der Waals surface area contributed by atoms with Crippen LogP contribution in [-0.2, 0) is 6.54 Å². The lowest BCUT2D eigenvalue weighted by Gasteiger charge is -2.15. The zero-order valence-corrected chi connectivity index (χ0v) is 15.4. The van der Waals surface area contributed by atoms with Crippen LogP contribution in [0.2, 0.25) is 0 Å². The zero-order valence-electron chi connectivity index (χ0n) is 14.6. The fourth-order valence-electron chi connectivity index (χ4n) is 2.47. The zero-order chi connectivity index (χ0) is 17.8. The van der Waals surface area contributed by atoms with Crippen molar-refractivity contribution in [3.63, 3.8) is 0 Å². The molecule has 0 spiro atoms. The first-order valence-corrected chi connectivity index (χ1v) is 8.96. The summed E-state index contributed by atoms with van der Waals surface area (Å²) in [5.74, 6) is -0.0803. The molecule has 1 amide bonds. The van der Waals surface area contributed by atoms with Gasteiger partial charge >= 0.3 is 0 Å². The number of thiazole rings is 1. The van der Waals surface area contributed by atoms with Crippen molar-refractivity contribution in [3.05, 3.63) is 76.3 Å². The third kappa shape index (κ3) is 4.06. The average Bonchev–Trinajstić information content (AvgIpc) is 3.03. The van der Waals surface area contributed by atoms with E-state index in [0.717, 1.165) is 22.1 Å². The predicted molar refractivity (Wildman–Crippen MR) is 104 cm³/mol. The molecule has 3 rings (SSSR count). The number of nitrogens with one attached hydrogen (secondary N) is 1. The van der Waals surface area contributed by atoms with E-state index in [4.69, 9.17) is 0 Å². The molecule has 2 aromatic carbocycles. The molecule has 0 saturated carbocycles. The van der Waals surface area contributed by atoms with Gasteiger partial charge in [-0.2, -0.15) is 0 Å². The molecule has 0 unspecified atom stereocenters. The van der Waals surface area contributed by atoms with Crippen molar-refractivity contribution in [1.29, 1.82) is 0 Å². The van der Waals surface area contributed by atoms with Gasteiger partial charge in [-0.3, -0.25) is 4.79 Å². The summed E-state index contributed by atoms with van der Waals surface area (Å²) < 4.78 is 0. The van der Waals surface area contributed by atoms with Gasteiger partial charge in [0, 0.05) is 19.3 Å². The molecule has 4 nitrogen and oxygen atoms in total. The van der Waals surface area contributed by atoms with E-state index in [-0.39, 0.29) is 5.91 Å². The van der Waals surface area contributed by atoms with Crippen LogP contribution in [0.1, 0.15) is 26.5 Å². The van der Waals surface area contributed by atoms with Crippen molar-refractivity contribution in [1.82, 2.24) is 10.3 Å². The highest BCUT2D eigenvalue weighted by Gasteiger charge is 2.17. The fourth-order valence-corrected chi connectivity index (χ4v) is 3.43. The maximum Gasteiger partial charge on any atom is 0.263 e. The molecule has 0 aliphatic rings. The third-order valence-electron chi connectivity index (χ3n) is 4.00. The van der Waals surface area contributed by atoms with E-state index in [1.165, 1.54) is 16.9 Å². The smallest absolute Gasteiger partial charge is 0.263 e. The van der Waals surface area contributed by atoms with Crippen LogP contribution in [0.25, 0.3) is 0 Å². The lowest BCUT2D eigenvalue weighted by atomic mass is 10.1. The van der Waals surface area contributed by atoms with Crippen molar-refractivity contribution in [3.8, 4) is 0 Å². The first kappa shape index (κ1) is 17.2. The number of rotatable bonds is 5. The highest BCUT2D eigenvalue weighted by atomic mass is 32.1. The van der Waals surface area contributed by atoms with E-state index >= 15 is 0 Å². The van der Waals surface area contributed by atoms with Crippen molar-refractivity contribution >= 4 is 28.1 Å². The molecule has 1 heterocycles. The number of carbonyl (C=O) groups is 1. The van der Waals surface area contributed by atoms with Crippen molar-refractivity contribution in [2.24, 2.45) is 0 Å². The SMILES string of the molecule is Cc1ccc(CNC(=O)c2sc(N(C)c3ccccc3)nc2C)cc1. The molecule has 1 N–H and O–H groups in total.